The van der Waals surface area contributed by atoms with Gasteiger partial charge in [-0.3, -0.25) is 0 Å². The fraction of sp³-hybridized carbons (Fsp3) is 0.600. The Morgan fingerprint density at radius 2 is 1.62 bits per heavy atom. The largest absolute Gasteiger partial charge is 0.396 e. The lowest BCUT2D eigenvalue weighted by Crippen LogP contribution is -2.06. The molecule has 1 heteroatoms. The molecule has 0 aliphatic heterocycles. The van der Waals surface area contributed by atoms with E-state index in [4.69, 9.17) is 5.11 Å². The highest BCUT2D eigenvalue weighted by atomic mass is 16.3. The van der Waals surface area contributed by atoms with Crippen LogP contribution in [0.25, 0.3) is 0 Å². The zero-order chi connectivity index (χ0) is 12.1. The van der Waals surface area contributed by atoms with Crippen LogP contribution < -0.4 is 0 Å². The van der Waals surface area contributed by atoms with Crippen LogP contribution in [-0.2, 0) is 0 Å². The predicted octanol–water partition coefficient (Wildman–Crippen LogP) is 3.88. The minimum atomic E-state index is 0.289. The first-order chi connectivity index (χ1) is 7.60. The van der Waals surface area contributed by atoms with E-state index in [-0.39, 0.29) is 6.61 Å². The number of hydrogen-bond donors (Lipinski definition) is 1. The lowest BCUT2D eigenvalue weighted by molar-refractivity contribution is 0.272. The van der Waals surface area contributed by atoms with E-state index in [0.29, 0.717) is 5.92 Å². The maximum Gasteiger partial charge on any atom is 0.0436 e. The molecule has 1 nitrogen and oxygen atoms in total. The van der Waals surface area contributed by atoms with Crippen LogP contribution in [-0.4, -0.2) is 11.7 Å². The first-order valence-corrected chi connectivity index (χ1v) is 6.28. The van der Waals surface area contributed by atoms with Crippen LogP contribution in [0.5, 0.6) is 0 Å². The molecule has 1 unspecified atom stereocenters. The molecule has 1 rings (SSSR count). The highest BCUT2D eigenvalue weighted by Crippen LogP contribution is 2.30. The van der Waals surface area contributed by atoms with Gasteiger partial charge in [-0.15, -0.1) is 0 Å². The Kier molecular flexibility index (Phi) is 5.01. The lowest BCUT2D eigenvalue weighted by Gasteiger charge is -2.21. The molecule has 0 saturated carbocycles. The molecule has 0 aliphatic carbocycles. The number of hydrogen-bond acceptors (Lipinski definition) is 1. The Bertz CT molecular complexity index is 312. The summed E-state index contributed by atoms with van der Waals surface area (Å²) in [5.41, 5.74) is 5.55. The van der Waals surface area contributed by atoms with Crippen LogP contribution in [0.3, 0.4) is 0 Å². The van der Waals surface area contributed by atoms with Gasteiger partial charge in [0.05, 0.1) is 0 Å². The van der Waals surface area contributed by atoms with Gasteiger partial charge in [-0.25, -0.2) is 0 Å². The van der Waals surface area contributed by atoms with Crippen molar-refractivity contribution in [3.63, 3.8) is 0 Å². The third kappa shape index (κ3) is 3.08. The summed E-state index contributed by atoms with van der Waals surface area (Å²) < 4.78 is 0. The van der Waals surface area contributed by atoms with E-state index in [1.165, 1.54) is 35.1 Å². The molecule has 0 fully saturated rings. The number of aryl methyl sites for hydroxylation is 3. The minimum Gasteiger partial charge on any atom is -0.396 e. The highest BCUT2D eigenvalue weighted by Gasteiger charge is 2.15. The molecule has 1 aromatic carbocycles. The molecule has 0 amide bonds. The Morgan fingerprint density at radius 1 is 1.06 bits per heavy atom. The SMILES string of the molecule is CCCC(CCO)c1c(C)cc(C)cc1C. The predicted molar refractivity (Wildman–Crippen MR) is 70.0 cm³/mol. The van der Waals surface area contributed by atoms with E-state index in [2.05, 4.69) is 39.8 Å². The van der Waals surface area contributed by atoms with Gasteiger partial charge in [0.2, 0.25) is 0 Å². The van der Waals surface area contributed by atoms with E-state index in [1.54, 1.807) is 0 Å². The molecule has 0 saturated heterocycles. The quantitative estimate of drug-likeness (QED) is 0.798. The molecule has 90 valence electrons. The monoisotopic (exact) mass is 220 g/mol. The molecule has 0 aromatic heterocycles. The van der Waals surface area contributed by atoms with Gasteiger partial charge in [0.1, 0.15) is 0 Å². The first kappa shape index (κ1) is 13.2. The topological polar surface area (TPSA) is 20.2 Å². The molecule has 0 bridgehead atoms. The number of rotatable bonds is 5. The zero-order valence-electron chi connectivity index (χ0n) is 11.0. The molecule has 1 N–H and O–H groups in total. The van der Waals surface area contributed by atoms with Gasteiger partial charge in [0.25, 0.3) is 0 Å². The van der Waals surface area contributed by atoms with E-state index in [9.17, 15) is 0 Å². The second-order valence-corrected chi connectivity index (χ2v) is 4.81. The summed E-state index contributed by atoms with van der Waals surface area (Å²) in [7, 11) is 0. The maximum atomic E-state index is 9.16. The van der Waals surface area contributed by atoms with Crippen molar-refractivity contribution in [2.24, 2.45) is 0 Å². The minimum absolute atomic E-state index is 0.289. The summed E-state index contributed by atoms with van der Waals surface area (Å²) in [5.74, 6) is 0.524. The Labute approximate surface area is 99.5 Å². The van der Waals surface area contributed by atoms with Crippen molar-refractivity contribution in [1.29, 1.82) is 0 Å². The highest BCUT2D eigenvalue weighted by molar-refractivity contribution is 5.39. The molecule has 0 radical (unpaired) electrons. The van der Waals surface area contributed by atoms with Crippen molar-refractivity contribution in [2.75, 3.05) is 6.61 Å². The van der Waals surface area contributed by atoms with Gasteiger partial charge < -0.3 is 5.11 Å². The van der Waals surface area contributed by atoms with Gasteiger partial charge in [-0.05, 0) is 56.2 Å². The Morgan fingerprint density at radius 3 is 2.06 bits per heavy atom. The smallest absolute Gasteiger partial charge is 0.0436 e. The van der Waals surface area contributed by atoms with Gasteiger partial charge in [0, 0.05) is 6.61 Å². The standard InChI is InChI=1S/C15H24O/c1-5-6-14(7-8-16)15-12(3)9-11(2)10-13(15)4/h9-10,14,16H,5-8H2,1-4H3. The van der Waals surface area contributed by atoms with Crippen molar-refractivity contribution >= 4 is 0 Å². The number of aliphatic hydroxyl groups is 1. The van der Waals surface area contributed by atoms with Gasteiger partial charge >= 0.3 is 0 Å². The zero-order valence-corrected chi connectivity index (χ0v) is 11.0. The van der Waals surface area contributed by atoms with Crippen LogP contribution in [0.1, 0.15) is 54.4 Å². The van der Waals surface area contributed by atoms with Crippen LogP contribution >= 0.6 is 0 Å². The molecular formula is C15H24O. The average Bonchev–Trinajstić information content (AvgIpc) is 2.16. The summed E-state index contributed by atoms with van der Waals surface area (Å²) >= 11 is 0. The van der Waals surface area contributed by atoms with E-state index in [1.807, 2.05) is 0 Å². The van der Waals surface area contributed by atoms with Gasteiger partial charge in [0.15, 0.2) is 0 Å². The fourth-order valence-electron chi connectivity index (χ4n) is 2.77. The van der Waals surface area contributed by atoms with E-state index < -0.39 is 0 Å². The van der Waals surface area contributed by atoms with Gasteiger partial charge in [-0.1, -0.05) is 31.0 Å². The lowest BCUT2D eigenvalue weighted by atomic mass is 9.85. The molecule has 0 spiro atoms. The number of benzene rings is 1. The molecule has 16 heavy (non-hydrogen) atoms. The van der Waals surface area contributed by atoms with Crippen LogP contribution in [0, 0.1) is 20.8 Å². The summed E-state index contributed by atoms with van der Waals surface area (Å²) in [6.45, 7) is 9.02. The first-order valence-electron chi connectivity index (χ1n) is 6.28. The molecule has 1 atom stereocenters. The van der Waals surface area contributed by atoms with Crippen LogP contribution in [0.4, 0.5) is 0 Å². The number of aliphatic hydroxyl groups excluding tert-OH is 1. The summed E-state index contributed by atoms with van der Waals surface area (Å²) in [5, 5.41) is 9.16. The second kappa shape index (κ2) is 6.05. The van der Waals surface area contributed by atoms with Gasteiger partial charge in [-0.2, -0.15) is 0 Å². The van der Waals surface area contributed by atoms with Crippen molar-refractivity contribution in [3.8, 4) is 0 Å². The van der Waals surface area contributed by atoms with Crippen molar-refractivity contribution in [2.45, 2.75) is 52.9 Å². The molecular weight excluding hydrogens is 196 g/mol. The molecule has 1 aromatic rings. The summed E-state index contributed by atoms with van der Waals surface area (Å²) in [6.07, 6.45) is 3.24. The molecule has 0 heterocycles. The van der Waals surface area contributed by atoms with E-state index >= 15 is 0 Å². The third-order valence-electron chi connectivity index (χ3n) is 3.26. The van der Waals surface area contributed by atoms with Crippen molar-refractivity contribution in [1.82, 2.24) is 0 Å². The van der Waals surface area contributed by atoms with Crippen molar-refractivity contribution < 1.29 is 5.11 Å². The van der Waals surface area contributed by atoms with Crippen LogP contribution in [0.15, 0.2) is 12.1 Å². The second-order valence-electron chi connectivity index (χ2n) is 4.81. The van der Waals surface area contributed by atoms with E-state index in [0.717, 1.165) is 6.42 Å². The van der Waals surface area contributed by atoms with Crippen LogP contribution in [0.2, 0.25) is 0 Å². The third-order valence-corrected chi connectivity index (χ3v) is 3.26. The average molecular weight is 220 g/mol. The molecule has 0 aliphatic rings. The Hall–Kier alpha value is -0.820. The van der Waals surface area contributed by atoms with Crippen molar-refractivity contribution in [3.05, 3.63) is 34.4 Å². The fourth-order valence-corrected chi connectivity index (χ4v) is 2.77. The Balaban J connectivity index is 3.07. The summed E-state index contributed by atoms with van der Waals surface area (Å²) in [6, 6.07) is 4.50. The normalized spacial score (nSPS) is 12.8. The maximum absolute atomic E-state index is 9.16. The summed E-state index contributed by atoms with van der Waals surface area (Å²) in [4.78, 5) is 0.